The maximum atomic E-state index is 11.6. The number of rotatable bonds is 9. The van der Waals surface area contributed by atoms with Gasteiger partial charge in [0, 0.05) is 5.41 Å². The molecule has 0 aliphatic heterocycles. The van der Waals surface area contributed by atoms with Crippen molar-refractivity contribution < 1.29 is 15.3 Å². The molecule has 4 aliphatic rings. The van der Waals surface area contributed by atoms with Crippen molar-refractivity contribution in [2.24, 2.45) is 45.8 Å². The Morgan fingerprint density at radius 2 is 1.65 bits per heavy atom. The molecule has 4 aliphatic carbocycles. The molecule has 9 atom stereocenters. The van der Waals surface area contributed by atoms with Crippen LogP contribution in [0.5, 0.6) is 0 Å². The van der Waals surface area contributed by atoms with Gasteiger partial charge in [-0.1, -0.05) is 71.3 Å². The Kier molecular flexibility index (Phi) is 9.28. The summed E-state index contributed by atoms with van der Waals surface area (Å²) in [5, 5.41) is 33.4. The largest absolute Gasteiger partial charge is 0.392 e. The molecule has 4 rings (SSSR count). The molecule has 4 heteroatoms. The van der Waals surface area contributed by atoms with Gasteiger partial charge in [0.1, 0.15) is 0 Å². The van der Waals surface area contributed by atoms with E-state index in [-0.39, 0.29) is 34.8 Å². The van der Waals surface area contributed by atoms with E-state index in [9.17, 15) is 15.3 Å². The molecule has 0 heterocycles. The molecule has 0 unspecified atom stereocenters. The minimum absolute atomic E-state index is 0. The standard InChI is InChI=1S/C33H54O3.ClH/c1-8-16-33(36,17-9-2)18-10-11-22(3)23-12-13-24-29-25(14-19-31(23,24)6)32(7)20-15-28(35)30(4,5)27(32)21-26(29)34;/h8-9,21-26,28-29,34-36H,1-2,10-20H2,3-7H3;1H/t22-,23-,24+,25+,26+,28+,29+,31-,32-;/m1./s1. The van der Waals surface area contributed by atoms with Crippen LogP contribution in [0.25, 0.3) is 0 Å². The van der Waals surface area contributed by atoms with E-state index < -0.39 is 11.7 Å². The lowest BCUT2D eigenvalue weighted by Crippen LogP contribution is -2.58. The number of hydrogen-bond donors (Lipinski definition) is 3. The van der Waals surface area contributed by atoms with Crippen molar-refractivity contribution in [3.63, 3.8) is 0 Å². The van der Waals surface area contributed by atoms with E-state index in [4.69, 9.17) is 0 Å². The highest BCUT2D eigenvalue weighted by Gasteiger charge is 2.63. The summed E-state index contributed by atoms with van der Waals surface area (Å²) >= 11 is 0. The minimum Gasteiger partial charge on any atom is -0.392 e. The first kappa shape index (κ1) is 30.9. The second-order valence-corrected chi connectivity index (χ2v) is 14.4. The molecule has 0 bridgehead atoms. The van der Waals surface area contributed by atoms with Crippen molar-refractivity contribution in [2.75, 3.05) is 0 Å². The summed E-state index contributed by atoms with van der Waals surface area (Å²) in [4.78, 5) is 0. The number of aliphatic hydroxyl groups is 3. The lowest BCUT2D eigenvalue weighted by Gasteiger charge is -2.62. The highest BCUT2D eigenvalue weighted by Crippen LogP contribution is 2.69. The molecule has 3 saturated carbocycles. The van der Waals surface area contributed by atoms with Crippen molar-refractivity contribution in [3.8, 4) is 0 Å². The monoisotopic (exact) mass is 534 g/mol. The van der Waals surface area contributed by atoms with Crippen LogP contribution in [-0.2, 0) is 0 Å². The van der Waals surface area contributed by atoms with Crippen LogP contribution in [0.3, 0.4) is 0 Å². The van der Waals surface area contributed by atoms with Gasteiger partial charge in [-0.05, 0) is 98.2 Å². The van der Waals surface area contributed by atoms with Crippen molar-refractivity contribution in [1.82, 2.24) is 0 Å². The van der Waals surface area contributed by atoms with E-state index in [1.807, 2.05) is 12.2 Å². The zero-order valence-corrected chi connectivity index (χ0v) is 25.0. The van der Waals surface area contributed by atoms with Gasteiger partial charge in [-0.2, -0.15) is 0 Å². The Labute approximate surface area is 233 Å². The van der Waals surface area contributed by atoms with Crippen molar-refractivity contribution in [3.05, 3.63) is 37.0 Å². The van der Waals surface area contributed by atoms with Gasteiger partial charge in [0.2, 0.25) is 0 Å². The third kappa shape index (κ3) is 5.17. The van der Waals surface area contributed by atoms with E-state index >= 15 is 0 Å². The van der Waals surface area contributed by atoms with Gasteiger partial charge in [-0.15, -0.1) is 25.6 Å². The van der Waals surface area contributed by atoms with Crippen molar-refractivity contribution >= 4 is 12.4 Å². The normalized spacial score (nSPS) is 41.4. The lowest BCUT2D eigenvalue weighted by atomic mass is 9.43. The zero-order chi connectivity index (χ0) is 26.5. The first-order chi connectivity index (χ1) is 16.8. The maximum absolute atomic E-state index is 11.6. The Morgan fingerprint density at radius 1 is 1.00 bits per heavy atom. The number of halogens is 1. The summed E-state index contributed by atoms with van der Waals surface area (Å²) in [5.74, 6) is 2.73. The number of fused-ring (bicyclic) bond motifs is 5. The summed E-state index contributed by atoms with van der Waals surface area (Å²) < 4.78 is 0. The van der Waals surface area contributed by atoms with E-state index in [1.54, 1.807) is 0 Å². The molecule has 0 amide bonds. The Hall–Kier alpha value is -0.610. The maximum Gasteiger partial charge on any atom is 0.0757 e. The lowest BCUT2D eigenvalue weighted by molar-refractivity contribution is -0.111. The minimum atomic E-state index is -0.698. The molecular formula is C33H55ClO3. The molecular weight excluding hydrogens is 480 g/mol. The summed E-state index contributed by atoms with van der Waals surface area (Å²) in [6.45, 7) is 19.5. The highest BCUT2D eigenvalue weighted by molar-refractivity contribution is 5.85. The Balaban J connectivity index is 0.00000380. The molecule has 0 radical (unpaired) electrons. The Bertz CT molecular complexity index is 854. The van der Waals surface area contributed by atoms with Crippen molar-refractivity contribution in [1.29, 1.82) is 0 Å². The quantitative estimate of drug-likeness (QED) is 0.266. The van der Waals surface area contributed by atoms with Crippen LogP contribution in [0.2, 0.25) is 0 Å². The number of aliphatic hydroxyl groups excluding tert-OH is 2. The summed E-state index contributed by atoms with van der Waals surface area (Å²) in [5.41, 5.74) is 0.742. The van der Waals surface area contributed by atoms with Gasteiger partial charge in [-0.25, -0.2) is 0 Å². The molecule has 212 valence electrons. The fraction of sp³-hybridized carbons (Fsp3) is 0.818. The van der Waals surface area contributed by atoms with Gasteiger partial charge < -0.3 is 15.3 Å². The van der Waals surface area contributed by atoms with Gasteiger partial charge in [-0.3, -0.25) is 0 Å². The molecule has 0 spiro atoms. The third-order valence-electron chi connectivity index (χ3n) is 12.1. The fourth-order valence-electron chi connectivity index (χ4n) is 10.1. The molecule has 0 aromatic rings. The topological polar surface area (TPSA) is 60.7 Å². The highest BCUT2D eigenvalue weighted by atomic mass is 35.5. The molecule has 0 aromatic heterocycles. The summed E-state index contributed by atoms with van der Waals surface area (Å²) in [6, 6.07) is 0. The van der Waals surface area contributed by atoms with Crippen molar-refractivity contribution in [2.45, 2.75) is 123 Å². The van der Waals surface area contributed by atoms with E-state index in [0.29, 0.717) is 42.4 Å². The molecule has 0 aromatic carbocycles. The molecule has 3 nitrogen and oxygen atoms in total. The molecule has 3 fully saturated rings. The van der Waals surface area contributed by atoms with Gasteiger partial charge in [0.15, 0.2) is 0 Å². The van der Waals surface area contributed by atoms with Crippen LogP contribution in [-0.4, -0.2) is 33.1 Å². The van der Waals surface area contributed by atoms with E-state index in [0.717, 1.165) is 32.1 Å². The third-order valence-corrected chi connectivity index (χ3v) is 12.1. The van der Waals surface area contributed by atoms with E-state index in [1.165, 1.54) is 31.3 Å². The first-order valence-corrected chi connectivity index (χ1v) is 14.9. The average molecular weight is 535 g/mol. The Morgan fingerprint density at radius 3 is 2.27 bits per heavy atom. The molecule has 37 heavy (non-hydrogen) atoms. The van der Waals surface area contributed by atoms with Crippen LogP contribution in [0, 0.1) is 45.8 Å². The van der Waals surface area contributed by atoms with Gasteiger partial charge in [0.05, 0.1) is 17.8 Å². The van der Waals surface area contributed by atoms with Crippen LogP contribution in [0.1, 0.15) is 105 Å². The molecule has 3 N–H and O–H groups in total. The first-order valence-electron chi connectivity index (χ1n) is 14.9. The average Bonchev–Trinajstić information content (AvgIpc) is 3.16. The second kappa shape index (κ2) is 11.1. The second-order valence-electron chi connectivity index (χ2n) is 14.4. The van der Waals surface area contributed by atoms with Gasteiger partial charge in [0.25, 0.3) is 0 Å². The zero-order valence-electron chi connectivity index (χ0n) is 24.2. The van der Waals surface area contributed by atoms with Crippen LogP contribution >= 0.6 is 12.4 Å². The summed E-state index contributed by atoms with van der Waals surface area (Å²) in [6.07, 6.45) is 16.2. The van der Waals surface area contributed by atoms with E-state index in [2.05, 4.69) is 53.9 Å². The fourth-order valence-corrected chi connectivity index (χ4v) is 10.1. The molecule has 0 saturated heterocycles. The van der Waals surface area contributed by atoms with Crippen LogP contribution < -0.4 is 0 Å². The van der Waals surface area contributed by atoms with Gasteiger partial charge >= 0.3 is 0 Å². The smallest absolute Gasteiger partial charge is 0.0757 e. The van der Waals surface area contributed by atoms with Crippen LogP contribution in [0.15, 0.2) is 37.0 Å². The predicted octanol–water partition coefficient (Wildman–Crippen LogP) is 7.64. The van der Waals surface area contributed by atoms with Crippen LogP contribution in [0.4, 0.5) is 0 Å². The summed E-state index contributed by atoms with van der Waals surface area (Å²) in [7, 11) is 0. The predicted molar refractivity (Wildman–Crippen MR) is 157 cm³/mol. The number of hydrogen-bond acceptors (Lipinski definition) is 3. The SMILES string of the molecule is C=CCC(O)(CC=C)CCC[C@@H](C)[C@H]1CC[C@H]2[C@@H]3[C@@H](O)C=C4C(C)(C)[C@@H](O)CC[C@]4(C)[C@H]3CC[C@]12C.Cl.